The third kappa shape index (κ3) is 3.53. The van der Waals surface area contributed by atoms with E-state index in [2.05, 4.69) is 5.32 Å². The highest BCUT2D eigenvalue weighted by molar-refractivity contribution is 6.54. The van der Waals surface area contributed by atoms with Crippen molar-refractivity contribution < 1.29 is 9.59 Å². The van der Waals surface area contributed by atoms with Gasteiger partial charge in [-0.1, -0.05) is 35.3 Å². The Hall–Kier alpha value is -1.06. The topological polar surface area (TPSA) is 46.2 Å². The number of hydrogen-bond acceptors (Lipinski definition) is 2. The zero-order chi connectivity index (χ0) is 11.4. The molecule has 0 heterocycles. The van der Waals surface area contributed by atoms with Crippen LogP contribution in [0.3, 0.4) is 0 Å². The summed E-state index contributed by atoms with van der Waals surface area (Å²) in [6.45, 7) is 1.45. The number of hydrogen-bond donors (Lipinski definition) is 1. The van der Waals surface area contributed by atoms with Crippen LogP contribution in [-0.4, -0.2) is 16.5 Å². The van der Waals surface area contributed by atoms with E-state index in [1.165, 1.54) is 6.92 Å². The molecule has 15 heavy (non-hydrogen) atoms. The lowest BCUT2D eigenvalue weighted by molar-refractivity contribution is -0.114. The van der Waals surface area contributed by atoms with Crippen LogP contribution in [0.1, 0.15) is 17.3 Å². The van der Waals surface area contributed by atoms with Crippen LogP contribution in [0, 0.1) is 0 Å². The molecule has 0 fully saturated rings. The van der Waals surface area contributed by atoms with Crippen molar-refractivity contribution in [3.05, 3.63) is 29.8 Å². The Kier molecular flexibility index (Phi) is 4.12. The first kappa shape index (κ1) is 12.0. The largest absolute Gasteiger partial charge is 0.324 e. The monoisotopic (exact) mass is 245 g/mol. The summed E-state index contributed by atoms with van der Waals surface area (Å²) in [5.41, 5.74) is 1.02. The average Bonchev–Trinajstić information content (AvgIpc) is 2.18. The Morgan fingerprint density at radius 1 is 1.33 bits per heavy atom. The van der Waals surface area contributed by atoms with E-state index in [1.54, 1.807) is 24.3 Å². The summed E-state index contributed by atoms with van der Waals surface area (Å²) in [5.74, 6) is -0.585. The van der Waals surface area contributed by atoms with E-state index in [4.69, 9.17) is 23.2 Å². The molecule has 1 aromatic rings. The van der Waals surface area contributed by atoms with E-state index in [0.29, 0.717) is 11.3 Å². The summed E-state index contributed by atoms with van der Waals surface area (Å²) in [6.07, 6.45) is 0. The first-order chi connectivity index (χ1) is 7.00. The molecule has 0 radical (unpaired) electrons. The molecule has 3 nitrogen and oxygen atoms in total. The van der Waals surface area contributed by atoms with E-state index >= 15 is 0 Å². The van der Waals surface area contributed by atoms with Crippen LogP contribution in [-0.2, 0) is 4.79 Å². The molecule has 0 aromatic heterocycles. The molecule has 0 unspecified atom stereocenters. The number of benzene rings is 1. The summed E-state index contributed by atoms with van der Waals surface area (Å²) in [4.78, 5) is 21.1. The van der Waals surface area contributed by atoms with Crippen LogP contribution in [0.5, 0.6) is 0 Å². The predicted molar refractivity (Wildman–Crippen MR) is 60.6 cm³/mol. The Bertz CT molecular complexity index is 391. The molecule has 1 N–H and O–H groups in total. The maximum absolute atomic E-state index is 11.1. The van der Waals surface area contributed by atoms with Crippen molar-refractivity contribution in [1.82, 2.24) is 0 Å². The highest BCUT2D eigenvalue weighted by Crippen LogP contribution is 2.13. The number of Topliss-reactive ketones (excluding diaryl/α,β-unsaturated/α-hetero) is 1. The zero-order valence-corrected chi connectivity index (χ0v) is 9.47. The molecule has 1 amide bonds. The third-order valence-corrected chi connectivity index (χ3v) is 2.13. The number of carbonyl (C=O) groups is 2. The van der Waals surface area contributed by atoms with Gasteiger partial charge in [0.25, 0.3) is 5.91 Å². The molecule has 80 valence electrons. The summed E-state index contributed by atoms with van der Waals surface area (Å²) in [7, 11) is 0. The molecule has 0 bridgehead atoms. The van der Waals surface area contributed by atoms with Crippen LogP contribution in [0.25, 0.3) is 0 Å². The number of nitrogens with one attached hydrogen (secondary N) is 1. The van der Waals surface area contributed by atoms with E-state index in [1.807, 2.05) is 0 Å². The SMILES string of the molecule is CC(=O)c1cccc(NC(=O)C(Cl)Cl)c1. The smallest absolute Gasteiger partial charge is 0.257 e. The molecule has 1 aromatic carbocycles. The first-order valence-electron chi connectivity index (χ1n) is 4.20. The fourth-order valence-electron chi connectivity index (χ4n) is 1.01. The van der Waals surface area contributed by atoms with E-state index in [9.17, 15) is 9.59 Å². The van der Waals surface area contributed by atoms with Gasteiger partial charge in [0.05, 0.1) is 0 Å². The fourth-order valence-corrected chi connectivity index (χ4v) is 1.12. The summed E-state index contributed by atoms with van der Waals surface area (Å²) < 4.78 is 0. The van der Waals surface area contributed by atoms with Crippen molar-refractivity contribution >= 4 is 40.6 Å². The number of anilines is 1. The molecule has 1 rings (SSSR count). The minimum atomic E-state index is -1.12. The zero-order valence-electron chi connectivity index (χ0n) is 7.96. The van der Waals surface area contributed by atoms with Crippen molar-refractivity contribution in [2.75, 3.05) is 5.32 Å². The van der Waals surface area contributed by atoms with Crippen molar-refractivity contribution in [3.8, 4) is 0 Å². The van der Waals surface area contributed by atoms with Gasteiger partial charge in [-0.2, -0.15) is 0 Å². The van der Waals surface area contributed by atoms with Gasteiger partial charge in [0.2, 0.25) is 0 Å². The highest BCUT2D eigenvalue weighted by Gasteiger charge is 2.11. The van der Waals surface area contributed by atoms with Crippen molar-refractivity contribution in [2.24, 2.45) is 0 Å². The normalized spacial score (nSPS) is 10.1. The second kappa shape index (κ2) is 5.14. The molecule has 0 atom stereocenters. The van der Waals surface area contributed by atoms with Crippen molar-refractivity contribution in [2.45, 2.75) is 11.8 Å². The van der Waals surface area contributed by atoms with Crippen LogP contribution in [0.15, 0.2) is 24.3 Å². The molecule has 0 saturated heterocycles. The number of rotatable bonds is 3. The van der Waals surface area contributed by atoms with E-state index < -0.39 is 10.7 Å². The fraction of sp³-hybridized carbons (Fsp3) is 0.200. The number of amides is 1. The Labute approximate surface area is 97.4 Å². The second-order valence-corrected chi connectivity index (χ2v) is 4.02. The van der Waals surface area contributed by atoms with E-state index in [0.717, 1.165) is 0 Å². The van der Waals surface area contributed by atoms with Gasteiger partial charge >= 0.3 is 0 Å². The lowest BCUT2D eigenvalue weighted by atomic mass is 10.1. The molecule has 0 aliphatic heterocycles. The molecule has 0 saturated carbocycles. The number of ketones is 1. The van der Waals surface area contributed by atoms with Crippen LogP contribution in [0.4, 0.5) is 5.69 Å². The molecule has 0 aliphatic rings. The summed E-state index contributed by atoms with van der Waals surface area (Å²) in [6, 6.07) is 6.55. The minimum absolute atomic E-state index is 0.0700. The van der Waals surface area contributed by atoms with E-state index in [-0.39, 0.29) is 5.78 Å². The van der Waals surface area contributed by atoms with Crippen LogP contribution < -0.4 is 5.32 Å². The Balaban J connectivity index is 2.83. The molecule has 0 spiro atoms. The molecule has 5 heteroatoms. The quantitative estimate of drug-likeness (QED) is 0.658. The lowest BCUT2D eigenvalue weighted by Crippen LogP contribution is -2.18. The Morgan fingerprint density at radius 2 is 2.00 bits per heavy atom. The van der Waals surface area contributed by atoms with Gasteiger partial charge in [-0.15, -0.1) is 0 Å². The maximum atomic E-state index is 11.1. The molecule has 0 aliphatic carbocycles. The van der Waals surface area contributed by atoms with Crippen LogP contribution >= 0.6 is 23.2 Å². The maximum Gasteiger partial charge on any atom is 0.257 e. The van der Waals surface area contributed by atoms with Gasteiger partial charge in [0.15, 0.2) is 10.6 Å². The lowest BCUT2D eigenvalue weighted by Gasteiger charge is -2.06. The third-order valence-electron chi connectivity index (χ3n) is 1.73. The standard InChI is InChI=1S/C10H9Cl2NO2/c1-6(14)7-3-2-4-8(5-7)13-10(15)9(11)12/h2-5,9H,1H3,(H,13,15). The predicted octanol–water partition coefficient (Wildman–Crippen LogP) is 2.63. The summed E-state index contributed by atoms with van der Waals surface area (Å²) in [5, 5.41) is 2.48. The van der Waals surface area contributed by atoms with Gasteiger partial charge in [-0.3, -0.25) is 9.59 Å². The molecular weight excluding hydrogens is 237 g/mol. The number of alkyl halides is 2. The first-order valence-corrected chi connectivity index (χ1v) is 5.08. The highest BCUT2D eigenvalue weighted by atomic mass is 35.5. The van der Waals surface area contributed by atoms with Gasteiger partial charge in [-0.05, 0) is 19.1 Å². The minimum Gasteiger partial charge on any atom is -0.324 e. The van der Waals surface area contributed by atoms with Crippen LogP contribution in [0.2, 0.25) is 0 Å². The summed E-state index contributed by atoms with van der Waals surface area (Å²) >= 11 is 10.7. The van der Waals surface area contributed by atoms with Gasteiger partial charge < -0.3 is 5.32 Å². The van der Waals surface area contributed by atoms with Gasteiger partial charge in [0, 0.05) is 11.3 Å². The Morgan fingerprint density at radius 3 is 2.53 bits per heavy atom. The van der Waals surface area contributed by atoms with Crippen molar-refractivity contribution in [3.63, 3.8) is 0 Å². The van der Waals surface area contributed by atoms with Crippen molar-refractivity contribution in [1.29, 1.82) is 0 Å². The number of halogens is 2. The van der Waals surface area contributed by atoms with Gasteiger partial charge in [-0.25, -0.2) is 0 Å². The second-order valence-electron chi connectivity index (χ2n) is 2.93. The average molecular weight is 246 g/mol. The number of carbonyl (C=O) groups excluding carboxylic acids is 2. The van der Waals surface area contributed by atoms with Gasteiger partial charge in [0.1, 0.15) is 0 Å². The molecular formula is C10H9Cl2NO2.